The molecule has 2 saturated heterocycles. The molecule has 1 aromatic carbocycles. The second-order valence-electron chi connectivity index (χ2n) is 6.97. The lowest BCUT2D eigenvalue weighted by atomic mass is 10.0. The standard InChI is InChI=1S/C19H23N3O3/c1-13-2-3-16-14(12-25-17(16)10-13)11-18(23)21-7-4-15(5-8-21)22-9-6-20-19(22)24/h2-3,10,12,15H,4-9,11H2,1H3,(H,20,24). The summed E-state index contributed by atoms with van der Waals surface area (Å²) in [6.07, 6.45) is 3.77. The molecule has 6 nitrogen and oxygen atoms in total. The molecule has 25 heavy (non-hydrogen) atoms. The van der Waals surface area contributed by atoms with Crippen molar-refractivity contribution in [3.05, 3.63) is 35.6 Å². The highest BCUT2D eigenvalue weighted by atomic mass is 16.3. The van der Waals surface area contributed by atoms with Gasteiger partial charge in [0.05, 0.1) is 12.7 Å². The molecule has 0 spiro atoms. The van der Waals surface area contributed by atoms with Gasteiger partial charge in [0.25, 0.3) is 0 Å². The number of fused-ring (bicyclic) bond motifs is 1. The third-order valence-corrected chi connectivity index (χ3v) is 5.30. The quantitative estimate of drug-likeness (QED) is 0.931. The summed E-state index contributed by atoms with van der Waals surface area (Å²) in [6.45, 7) is 4.95. The van der Waals surface area contributed by atoms with E-state index >= 15 is 0 Å². The molecule has 0 aliphatic carbocycles. The van der Waals surface area contributed by atoms with Crippen LogP contribution in [-0.4, -0.2) is 54.0 Å². The first kappa shape index (κ1) is 16.0. The summed E-state index contributed by atoms with van der Waals surface area (Å²) in [5.74, 6) is 0.132. The number of piperidine rings is 1. The van der Waals surface area contributed by atoms with Crippen LogP contribution in [0, 0.1) is 6.92 Å². The number of likely N-dealkylation sites (tertiary alicyclic amines) is 1. The Kier molecular flexibility index (Phi) is 4.11. The molecule has 1 aromatic heterocycles. The Hall–Kier alpha value is -2.50. The van der Waals surface area contributed by atoms with E-state index in [0.717, 1.165) is 48.0 Å². The highest BCUT2D eigenvalue weighted by Gasteiger charge is 2.31. The van der Waals surface area contributed by atoms with Crippen molar-refractivity contribution in [2.75, 3.05) is 26.2 Å². The Morgan fingerprint density at radius 1 is 1.28 bits per heavy atom. The number of rotatable bonds is 3. The maximum atomic E-state index is 12.7. The van der Waals surface area contributed by atoms with Gasteiger partial charge in [-0.25, -0.2) is 4.79 Å². The van der Waals surface area contributed by atoms with Crippen LogP contribution >= 0.6 is 0 Å². The van der Waals surface area contributed by atoms with Crippen LogP contribution in [0.25, 0.3) is 11.0 Å². The number of nitrogens with one attached hydrogen (secondary N) is 1. The fourth-order valence-corrected chi connectivity index (χ4v) is 3.86. The molecule has 2 fully saturated rings. The summed E-state index contributed by atoms with van der Waals surface area (Å²) in [5.41, 5.74) is 2.93. The lowest BCUT2D eigenvalue weighted by Gasteiger charge is -2.36. The molecule has 0 radical (unpaired) electrons. The van der Waals surface area contributed by atoms with Crippen molar-refractivity contribution in [2.24, 2.45) is 0 Å². The normalized spacial score (nSPS) is 18.8. The number of aryl methyl sites for hydroxylation is 1. The highest BCUT2D eigenvalue weighted by molar-refractivity contribution is 5.88. The van der Waals surface area contributed by atoms with Crippen LogP contribution in [0.2, 0.25) is 0 Å². The molecule has 4 rings (SSSR count). The molecular weight excluding hydrogens is 318 g/mol. The maximum Gasteiger partial charge on any atom is 0.317 e. The molecule has 2 aromatic rings. The molecule has 0 bridgehead atoms. The predicted octanol–water partition coefficient (Wildman–Crippen LogP) is 2.30. The van der Waals surface area contributed by atoms with Gasteiger partial charge in [-0.2, -0.15) is 0 Å². The summed E-state index contributed by atoms with van der Waals surface area (Å²) in [7, 11) is 0. The van der Waals surface area contributed by atoms with Crippen LogP contribution < -0.4 is 5.32 Å². The van der Waals surface area contributed by atoms with Crippen LogP contribution in [-0.2, 0) is 11.2 Å². The zero-order valence-corrected chi connectivity index (χ0v) is 14.5. The van der Waals surface area contributed by atoms with Crippen molar-refractivity contribution in [3.63, 3.8) is 0 Å². The van der Waals surface area contributed by atoms with Crippen LogP contribution in [0.15, 0.2) is 28.9 Å². The minimum absolute atomic E-state index is 0.0323. The lowest BCUT2D eigenvalue weighted by Crippen LogP contribution is -2.48. The Morgan fingerprint density at radius 3 is 2.80 bits per heavy atom. The number of benzene rings is 1. The van der Waals surface area contributed by atoms with Gasteiger partial charge in [-0.15, -0.1) is 0 Å². The first-order chi connectivity index (χ1) is 12.1. The number of urea groups is 1. The molecule has 2 aliphatic rings. The summed E-state index contributed by atoms with van der Waals surface area (Å²) in [5, 5.41) is 3.86. The Balaban J connectivity index is 1.38. The average Bonchev–Trinajstić information content (AvgIpc) is 3.21. The Morgan fingerprint density at radius 2 is 2.08 bits per heavy atom. The van der Waals surface area contributed by atoms with Crippen molar-refractivity contribution >= 4 is 22.9 Å². The summed E-state index contributed by atoms with van der Waals surface area (Å²) in [4.78, 5) is 28.3. The van der Waals surface area contributed by atoms with Gasteiger partial charge >= 0.3 is 6.03 Å². The summed E-state index contributed by atoms with van der Waals surface area (Å²) < 4.78 is 5.59. The van der Waals surface area contributed by atoms with Gasteiger partial charge in [-0.3, -0.25) is 4.79 Å². The Bertz CT molecular complexity index is 805. The third-order valence-electron chi connectivity index (χ3n) is 5.30. The van der Waals surface area contributed by atoms with Gasteiger partial charge in [0.2, 0.25) is 5.91 Å². The summed E-state index contributed by atoms with van der Waals surface area (Å²) in [6, 6.07) is 6.35. The molecular formula is C19H23N3O3. The molecule has 0 atom stereocenters. The predicted molar refractivity (Wildman–Crippen MR) is 94.4 cm³/mol. The van der Waals surface area contributed by atoms with Gasteiger partial charge in [0.15, 0.2) is 0 Å². The van der Waals surface area contributed by atoms with Crippen molar-refractivity contribution in [2.45, 2.75) is 32.2 Å². The molecule has 6 heteroatoms. The van der Waals surface area contributed by atoms with Crippen molar-refractivity contribution < 1.29 is 14.0 Å². The average molecular weight is 341 g/mol. The number of carbonyl (C=O) groups is 2. The largest absolute Gasteiger partial charge is 0.464 e. The number of furan rings is 1. The lowest BCUT2D eigenvalue weighted by molar-refractivity contribution is -0.131. The van der Waals surface area contributed by atoms with Crippen molar-refractivity contribution in [3.8, 4) is 0 Å². The van der Waals surface area contributed by atoms with Crippen LogP contribution in [0.3, 0.4) is 0 Å². The zero-order valence-electron chi connectivity index (χ0n) is 14.5. The van der Waals surface area contributed by atoms with E-state index in [2.05, 4.69) is 5.32 Å². The SMILES string of the molecule is Cc1ccc2c(CC(=O)N3CCC(N4CCNC4=O)CC3)coc2c1. The smallest absolute Gasteiger partial charge is 0.317 e. The van der Waals surface area contributed by atoms with E-state index in [1.807, 2.05) is 34.9 Å². The maximum absolute atomic E-state index is 12.7. The highest BCUT2D eigenvalue weighted by Crippen LogP contribution is 2.24. The first-order valence-corrected chi connectivity index (χ1v) is 8.91. The van der Waals surface area contributed by atoms with Gasteiger partial charge in [0, 0.05) is 43.2 Å². The van der Waals surface area contributed by atoms with Crippen LogP contribution in [0.5, 0.6) is 0 Å². The van der Waals surface area contributed by atoms with E-state index in [4.69, 9.17) is 4.42 Å². The van der Waals surface area contributed by atoms with Crippen LogP contribution in [0.4, 0.5) is 4.79 Å². The van der Waals surface area contributed by atoms with E-state index in [0.29, 0.717) is 19.5 Å². The minimum atomic E-state index is 0.0323. The molecule has 2 aliphatic heterocycles. The number of hydrogen-bond donors (Lipinski definition) is 1. The fraction of sp³-hybridized carbons (Fsp3) is 0.474. The summed E-state index contributed by atoms with van der Waals surface area (Å²) >= 11 is 0. The monoisotopic (exact) mass is 341 g/mol. The van der Waals surface area contributed by atoms with E-state index < -0.39 is 0 Å². The number of amides is 3. The first-order valence-electron chi connectivity index (χ1n) is 8.91. The van der Waals surface area contributed by atoms with E-state index in [-0.39, 0.29) is 18.0 Å². The van der Waals surface area contributed by atoms with Crippen molar-refractivity contribution in [1.82, 2.24) is 15.1 Å². The van der Waals surface area contributed by atoms with Gasteiger partial charge in [-0.05, 0) is 31.4 Å². The number of hydrogen-bond acceptors (Lipinski definition) is 3. The second-order valence-corrected chi connectivity index (χ2v) is 6.97. The molecule has 1 N–H and O–H groups in total. The van der Waals surface area contributed by atoms with E-state index in [1.54, 1.807) is 6.26 Å². The topological polar surface area (TPSA) is 65.8 Å². The number of nitrogens with zero attached hydrogens (tertiary/aromatic N) is 2. The minimum Gasteiger partial charge on any atom is -0.464 e. The second kappa shape index (κ2) is 6.43. The molecule has 0 unspecified atom stereocenters. The van der Waals surface area contributed by atoms with E-state index in [9.17, 15) is 9.59 Å². The van der Waals surface area contributed by atoms with E-state index in [1.165, 1.54) is 0 Å². The fourth-order valence-electron chi connectivity index (χ4n) is 3.86. The molecule has 3 heterocycles. The van der Waals surface area contributed by atoms with Gasteiger partial charge in [-0.1, -0.05) is 12.1 Å². The third kappa shape index (κ3) is 3.08. The van der Waals surface area contributed by atoms with Crippen molar-refractivity contribution in [1.29, 1.82) is 0 Å². The van der Waals surface area contributed by atoms with Gasteiger partial charge in [0.1, 0.15) is 5.58 Å². The van der Waals surface area contributed by atoms with Crippen LogP contribution in [0.1, 0.15) is 24.0 Å². The molecule has 132 valence electrons. The molecule has 3 amide bonds. The van der Waals surface area contributed by atoms with Gasteiger partial charge < -0.3 is 19.5 Å². The number of carbonyl (C=O) groups excluding carboxylic acids is 2. The Labute approximate surface area is 146 Å². The zero-order chi connectivity index (χ0) is 17.4. The molecule has 0 saturated carbocycles.